The maximum atomic E-state index is 12.0. The van der Waals surface area contributed by atoms with E-state index >= 15 is 0 Å². The van der Waals surface area contributed by atoms with E-state index in [0.29, 0.717) is 19.8 Å². The molecular weight excluding hydrogens is 268 g/mol. The molecule has 0 spiro atoms. The van der Waals surface area contributed by atoms with Crippen molar-refractivity contribution in [3.8, 4) is 5.75 Å². The van der Waals surface area contributed by atoms with Crippen LogP contribution >= 0.6 is 0 Å². The van der Waals surface area contributed by atoms with Crippen LogP contribution in [0.4, 0.5) is 0 Å². The SMILES string of the molecule is CC1(CN)CCN(C(=O)COCCOc2ccccc2)C1. The second-order valence-electron chi connectivity index (χ2n) is 5.79. The third kappa shape index (κ3) is 4.72. The van der Waals surface area contributed by atoms with E-state index in [4.69, 9.17) is 15.2 Å². The van der Waals surface area contributed by atoms with E-state index in [1.165, 1.54) is 0 Å². The van der Waals surface area contributed by atoms with Crippen molar-refractivity contribution < 1.29 is 14.3 Å². The van der Waals surface area contributed by atoms with E-state index in [2.05, 4.69) is 6.92 Å². The van der Waals surface area contributed by atoms with E-state index in [9.17, 15) is 4.79 Å². The molecule has 1 unspecified atom stereocenters. The highest BCUT2D eigenvalue weighted by molar-refractivity contribution is 5.77. The first-order valence-corrected chi connectivity index (χ1v) is 7.36. The van der Waals surface area contributed by atoms with Gasteiger partial charge in [0.05, 0.1) is 6.61 Å². The fraction of sp³-hybridized carbons (Fsp3) is 0.562. The average Bonchev–Trinajstić information content (AvgIpc) is 2.91. The Kier molecular flexibility index (Phi) is 5.59. The molecule has 0 radical (unpaired) electrons. The second-order valence-corrected chi connectivity index (χ2v) is 5.79. The molecule has 1 fully saturated rings. The molecule has 21 heavy (non-hydrogen) atoms. The van der Waals surface area contributed by atoms with Gasteiger partial charge in [0.1, 0.15) is 19.0 Å². The van der Waals surface area contributed by atoms with Crippen molar-refractivity contribution in [1.82, 2.24) is 4.90 Å². The zero-order valence-electron chi connectivity index (χ0n) is 12.6. The molecule has 1 aromatic rings. The van der Waals surface area contributed by atoms with Crippen LogP contribution in [0.25, 0.3) is 0 Å². The Morgan fingerprint density at radius 3 is 2.76 bits per heavy atom. The molecule has 5 heteroatoms. The summed E-state index contributed by atoms with van der Waals surface area (Å²) >= 11 is 0. The van der Waals surface area contributed by atoms with E-state index in [0.717, 1.165) is 25.3 Å². The van der Waals surface area contributed by atoms with Gasteiger partial charge in [0, 0.05) is 13.1 Å². The molecule has 116 valence electrons. The molecule has 1 heterocycles. The number of para-hydroxylation sites is 1. The highest BCUT2D eigenvalue weighted by Crippen LogP contribution is 2.28. The van der Waals surface area contributed by atoms with Crippen molar-refractivity contribution in [2.45, 2.75) is 13.3 Å². The maximum Gasteiger partial charge on any atom is 0.248 e. The fourth-order valence-electron chi connectivity index (χ4n) is 2.39. The van der Waals surface area contributed by atoms with Crippen LogP contribution in [0.5, 0.6) is 5.75 Å². The van der Waals surface area contributed by atoms with Crippen LogP contribution in [0, 0.1) is 5.41 Å². The molecule has 0 aromatic heterocycles. The van der Waals surface area contributed by atoms with Gasteiger partial charge in [-0.25, -0.2) is 0 Å². The molecule has 0 saturated carbocycles. The summed E-state index contributed by atoms with van der Waals surface area (Å²) in [5.41, 5.74) is 5.80. The van der Waals surface area contributed by atoms with Crippen LogP contribution in [0.2, 0.25) is 0 Å². The summed E-state index contributed by atoms with van der Waals surface area (Å²) in [4.78, 5) is 13.8. The summed E-state index contributed by atoms with van der Waals surface area (Å²) < 4.78 is 10.9. The first kappa shape index (κ1) is 15.8. The van der Waals surface area contributed by atoms with Gasteiger partial charge in [-0.2, -0.15) is 0 Å². The van der Waals surface area contributed by atoms with Gasteiger partial charge in [0.15, 0.2) is 0 Å². The largest absolute Gasteiger partial charge is 0.491 e. The highest BCUT2D eigenvalue weighted by atomic mass is 16.5. The summed E-state index contributed by atoms with van der Waals surface area (Å²) in [6.07, 6.45) is 0.965. The number of benzene rings is 1. The summed E-state index contributed by atoms with van der Waals surface area (Å²) in [5.74, 6) is 0.845. The van der Waals surface area contributed by atoms with Crippen LogP contribution < -0.4 is 10.5 Å². The van der Waals surface area contributed by atoms with Gasteiger partial charge >= 0.3 is 0 Å². The Labute approximate surface area is 126 Å². The lowest BCUT2D eigenvalue weighted by Crippen LogP contribution is -2.36. The zero-order chi connectivity index (χ0) is 15.1. The Morgan fingerprint density at radius 2 is 2.10 bits per heavy atom. The molecule has 1 aliphatic heterocycles. The third-order valence-corrected chi connectivity index (χ3v) is 3.87. The first-order chi connectivity index (χ1) is 10.1. The van der Waals surface area contributed by atoms with Crippen LogP contribution in [0.15, 0.2) is 30.3 Å². The quantitative estimate of drug-likeness (QED) is 0.769. The van der Waals surface area contributed by atoms with E-state index in [1.807, 2.05) is 35.2 Å². The molecule has 1 aromatic carbocycles. The molecule has 0 bridgehead atoms. The fourth-order valence-corrected chi connectivity index (χ4v) is 2.39. The number of amides is 1. The molecule has 2 N–H and O–H groups in total. The number of nitrogens with zero attached hydrogens (tertiary/aromatic N) is 1. The van der Waals surface area contributed by atoms with E-state index in [1.54, 1.807) is 0 Å². The van der Waals surface area contributed by atoms with Crippen LogP contribution in [-0.4, -0.2) is 50.3 Å². The minimum absolute atomic E-state index is 0.0342. The molecule has 5 nitrogen and oxygen atoms in total. The van der Waals surface area contributed by atoms with Gasteiger partial charge < -0.3 is 20.1 Å². The number of carbonyl (C=O) groups excluding carboxylic acids is 1. The molecule has 2 rings (SSSR count). The van der Waals surface area contributed by atoms with Gasteiger partial charge in [-0.05, 0) is 30.5 Å². The molecule has 0 aliphatic carbocycles. The Bertz CT molecular complexity index is 452. The third-order valence-electron chi connectivity index (χ3n) is 3.87. The Morgan fingerprint density at radius 1 is 1.33 bits per heavy atom. The minimum Gasteiger partial charge on any atom is -0.491 e. The summed E-state index contributed by atoms with van der Waals surface area (Å²) in [6, 6.07) is 9.56. The molecule has 1 atom stereocenters. The lowest BCUT2D eigenvalue weighted by atomic mass is 9.90. The maximum absolute atomic E-state index is 12.0. The second kappa shape index (κ2) is 7.43. The van der Waals surface area contributed by atoms with Gasteiger partial charge in [0.25, 0.3) is 0 Å². The molecule has 1 saturated heterocycles. The summed E-state index contributed by atoms with van der Waals surface area (Å²) in [6.45, 7) is 5.19. The summed E-state index contributed by atoms with van der Waals surface area (Å²) in [7, 11) is 0. The van der Waals surface area contributed by atoms with Crippen molar-refractivity contribution in [2.24, 2.45) is 11.1 Å². The normalized spacial score (nSPS) is 21.5. The van der Waals surface area contributed by atoms with Crippen molar-refractivity contribution in [1.29, 1.82) is 0 Å². The number of hydrogen-bond donors (Lipinski definition) is 1. The van der Waals surface area contributed by atoms with Crippen LogP contribution in [0.1, 0.15) is 13.3 Å². The van der Waals surface area contributed by atoms with Crippen molar-refractivity contribution >= 4 is 5.91 Å². The molecule has 1 amide bonds. The lowest BCUT2D eigenvalue weighted by Gasteiger charge is -2.22. The summed E-state index contributed by atoms with van der Waals surface area (Å²) in [5, 5.41) is 0. The predicted molar refractivity (Wildman–Crippen MR) is 81.1 cm³/mol. The number of likely N-dealkylation sites (tertiary alicyclic amines) is 1. The number of carbonyl (C=O) groups is 1. The van der Waals surface area contributed by atoms with Gasteiger partial charge in [0.2, 0.25) is 5.91 Å². The van der Waals surface area contributed by atoms with Crippen LogP contribution in [-0.2, 0) is 9.53 Å². The highest BCUT2D eigenvalue weighted by Gasteiger charge is 2.34. The van der Waals surface area contributed by atoms with Gasteiger partial charge in [-0.3, -0.25) is 4.79 Å². The van der Waals surface area contributed by atoms with Gasteiger partial charge in [-0.15, -0.1) is 0 Å². The Hall–Kier alpha value is -1.59. The monoisotopic (exact) mass is 292 g/mol. The van der Waals surface area contributed by atoms with E-state index < -0.39 is 0 Å². The zero-order valence-corrected chi connectivity index (χ0v) is 12.6. The predicted octanol–water partition coefficient (Wildman–Crippen LogP) is 1.28. The number of nitrogens with two attached hydrogens (primary N) is 1. The van der Waals surface area contributed by atoms with E-state index in [-0.39, 0.29) is 17.9 Å². The first-order valence-electron chi connectivity index (χ1n) is 7.36. The van der Waals surface area contributed by atoms with Crippen molar-refractivity contribution in [3.63, 3.8) is 0 Å². The number of rotatable bonds is 7. The standard InChI is InChI=1S/C16H24N2O3/c1-16(12-17)7-8-18(13-16)15(19)11-20-9-10-21-14-5-3-2-4-6-14/h2-6H,7-13,17H2,1H3. The van der Waals surface area contributed by atoms with Crippen molar-refractivity contribution in [2.75, 3.05) is 39.5 Å². The topological polar surface area (TPSA) is 64.8 Å². The lowest BCUT2D eigenvalue weighted by molar-refractivity contribution is -0.135. The average molecular weight is 292 g/mol. The number of hydrogen-bond acceptors (Lipinski definition) is 4. The van der Waals surface area contributed by atoms with Gasteiger partial charge in [-0.1, -0.05) is 25.1 Å². The number of ether oxygens (including phenoxy) is 2. The smallest absolute Gasteiger partial charge is 0.248 e. The van der Waals surface area contributed by atoms with Crippen LogP contribution in [0.3, 0.4) is 0 Å². The molecule has 1 aliphatic rings. The Balaban J connectivity index is 1.60. The minimum atomic E-state index is 0.0342. The van der Waals surface area contributed by atoms with Crippen molar-refractivity contribution in [3.05, 3.63) is 30.3 Å². The molecular formula is C16H24N2O3.